The zero-order valence-corrected chi connectivity index (χ0v) is 34.3. The van der Waals surface area contributed by atoms with Gasteiger partial charge in [0.05, 0.1) is 40.8 Å². The second kappa shape index (κ2) is 23.1. The summed E-state index contributed by atoms with van der Waals surface area (Å²) in [6, 6.07) is 18.4. The van der Waals surface area contributed by atoms with Crippen molar-refractivity contribution in [3.8, 4) is 0 Å². The SMILES string of the molecule is CC(C)c1nc(CN(C)C(=O)NC(CCN2CCOCC2)C(=O)NC(CCC(Cc2ccccc2)NC(=O)OCc2cncs2)Cc2ccccc2)cs1.Cl. The Labute approximate surface area is 338 Å². The average molecular weight is 813 g/mol. The number of hydrogen-bond donors (Lipinski definition) is 3. The fourth-order valence-electron chi connectivity index (χ4n) is 6.25. The van der Waals surface area contributed by atoms with Crippen LogP contribution in [0.2, 0.25) is 0 Å². The molecule has 3 atom stereocenters. The molecular weight excluding hydrogens is 758 g/mol. The summed E-state index contributed by atoms with van der Waals surface area (Å²) in [5, 5.41) is 12.4. The number of thiazole rings is 2. The van der Waals surface area contributed by atoms with Crippen molar-refractivity contribution in [1.82, 2.24) is 35.7 Å². The predicted molar refractivity (Wildman–Crippen MR) is 220 cm³/mol. The van der Waals surface area contributed by atoms with Gasteiger partial charge in [-0.3, -0.25) is 14.7 Å². The summed E-state index contributed by atoms with van der Waals surface area (Å²) in [4.78, 5) is 54.2. The number of carbonyl (C=O) groups is 3. The number of ether oxygens (including phenoxy) is 2. The standard InChI is InChI=1S/C40H53N7O5S2.ClH/c1-29(2)38-43-34(27-53-38)25-46(3)39(49)45-36(16-17-47-18-20-51-21-19-47)37(48)42-32(22-30-10-6-4-7-11-30)14-15-33(23-31-12-8-5-9-13-31)44-40(50)52-26-35-24-41-28-54-35;/h4-13,24,27-29,32-33,36H,14-23,25-26H2,1-3H3,(H,42,48)(H,44,50)(H,45,49);1H. The fourth-order valence-corrected chi connectivity index (χ4v) is 7.58. The second-order valence-corrected chi connectivity index (χ2v) is 15.8. The van der Waals surface area contributed by atoms with E-state index < -0.39 is 12.1 Å². The van der Waals surface area contributed by atoms with Crippen molar-refractivity contribution in [3.05, 3.63) is 104 Å². The number of amides is 4. The van der Waals surface area contributed by atoms with Crippen molar-refractivity contribution >= 4 is 53.1 Å². The first kappa shape index (κ1) is 43.6. The molecule has 0 bridgehead atoms. The van der Waals surface area contributed by atoms with Crippen LogP contribution in [0.5, 0.6) is 0 Å². The first-order chi connectivity index (χ1) is 26.2. The lowest BCUT2D eigenvalue weighted by Crippen LogP contribution is -2.54. The summed E-state index contributed by atoms with van der Waals surface area (Å²) in [7, 11) is 1.72. The zero-order valence-electron chi connectivity index (χ0n) is 31.9. The molecule has 4 aromatic rings. The molecule has 2 aromatic heterocycles. The molecule has 55 heavy (non-hydrogen) atoms. The summed E-state index contributed by atoms with van der Waals surface area (Å²) < 4.78 is 11.1. The maximum absolute atomic E-state index is 14.2. The molecule has 1 fully saturated rings. The molecule has 4 amide bonds. The van der Waals surface area contributed by atoms with Crippen LogP contribution in [0.25, 0.3) is 0 Å². The molecule has 2 aromatic carbocycles. The van der Waals surface area contributed by atoms with E-state index in [2.05, 4.69) is 44.7 Å². The van der Waals surface area contributed by atoms with E-state index in [0.29, 0.717) is 64.3 Å². The Morgan fingerprint density at radius 2 is 1.53 bits per heavy atom. The molecule has 0 aliphatic carbocycles. The van der Waals surface area contributed by atoms with Crippen LogP contribution in [0.3, 0.4) is 0 Å². The number of nitrogens with one attached hydrogen (secondary N) is 3. The minimum absolute atomic E-state index is 0. The summed E-state index contributed by atoms with van der Waals surface area (Å²) in [5.41, 5.74) is 4.70. The number of morpholine rings is 1. The van der Waals surface area contributed by atoms with Crippen molar-refractivity contribution in [2.75, 3.05) is 39.9 Å². The smallest absolute Gasteiger partial charge is 0.407 e. The van der Waals surface area contributed by atoms with Crippen LogP contribution < -0.4 is 16.0 Å². The van der Waals surface area contributed by atoms with Crippen molar-refractivity contribution in [2.24, 2.45) is 0 Å². The molecule has 5 rings (SSSR count). The third-order valence-electron chi connectivity index (χ3n) is 9.27. The van der Waals surface area contributed by atoms with E-state index >= 15 is 0 Å². The first-order valence-electron chi connectivity index (χ1n) is 18.7. The average Bonchev–Trinajstić information content (AvgIpc) is 3.89. The van der Waals surface area contributed by atoms with Crippen LogP contribution in [-0.2, 0) is 40.3 Å². The number of urea groups is 1. The highest BCUT2D eigenvalue weighted by Crippen LogP contribution is 2.20. The van der Waals surface area contributed by atoms with Crippen LogP contribution in [0.4, 0.5) is 9.59 Å². The number of benzene rings is 2. The number of alkyl carbamates (subject to hydrolysis) is 1. The van der Waals surface area contributed by atoms with E-state index in [0.717, 1.165) is 39.8 Å². The van der Waals surface area contributed by atoms with Crippen molar-refractivity contribution < 1.29 is 23.9 Å². The number of hydrogen-bond acceptors (Lipinski definition) is 10. The Hall–Kier alpha value is -4.08. The molecule has 298 valence electrons. The Morgan fingerprint density at radius 1 is 0.891 bits per heavy atom. The topological polar surface area (TPSA) is 138 Å². The van der Waals surface area contributed by atoms with Crippen LogP contribution >= 0.6 is 35.1 Å². The van der Waals surface area contributed by atoms with Gasteiger partial charge >= 0.3 is 12.1 Å². The minimum Gasteiger partial charge on any atom is -0.444 e. The normalized spacial score (nSPS) is 14.6. The van der Waals surface area contributed by atoms with E-state index in [1.807, 2.05) is 66.0 Å². The third kappa shape index (κ3) is 15.2. The molecule has 0 saturated carbocycles. The van der Waals surface area contributed by atoms with Crippen molar-refractivity contribution in [1.29, 1.82) is 0 Å². The van der Waals surface area contributed by atoms with Crippen molar-refractivity contribution in [3.63, 3.8) is 0 Å². The van der Waals surface area contributed by atoms with E-state index in [4.69, 9.17) is 9.47 Å². The van der Waals surface area contributed by atoms with E-state index in [1.54, 1.807) is 35.0 Å². The Balaban J connectivity index is 0.00000673. The van der Waals surface area contributed by atoms with Crippen molar-refractivity contribution in [2.45, 2.75) is 83.1 Å². The number of aromatic nitrogens is 2. The summed E-state index contributed by atoms with van der Waals surface area (Å²) >= 11 is 3.02. The van der Waals surface area contributed by atoms with Crippen LogP contribution in [-0.4, -0.2) is 95.8 Å². The largest absolute Gasteiger partial charge is 0.444 e. The number of carbonyl (C=O) groups excluding carboxylic acids is 3. The molecule has 3 heterocycles. The second-order valence-electron chi connectivity index (χ2n) is 14.0. The molecule has 0 radical (unpaired) electrons. The van der Waals surface area contributed by atoms with E-state index in [9.17, 15) is 14.4 Å². The van der Waals surface area contributed by atoms with Gasteiger partial charge in [0.2, 0.25) is 5.91 Å². The molecular formula is C40H54ClN7O5S2. The summed E-state index contributed by atoms with van der Waals surface area (Å²) in [5.74, 6) is 0.0746. The van der Waals surface area contributed by atoms with Gasteiger partial charge in [-0.1, -0.05) is 74.5 Å². The van der Waals surface area contributed by atoms with Crippen LogP contribution in [0.15, 0.2) is 77.8 Å². The highest BCUT2D eigenvalue weighted by atomic mass is 35.5. The fraction of sp³-hybridized carbons (Fsp3) is 0.475. The van der Waals surface area contributed by atoms with Gasteiger partial charge in [-0.25, -0.2) is 14.6 Å². The lowest BCUT2D eigenvalue weighted by atomic mass is 9.95. The molecule has 3 N–H and O–H groups in total. The zero-order chi connectivity index (χ0) is 38.1. The van der Waals surface area contributed by atoms with Gasteiger partial charge in [-0.05, 0) is 43.2 Å². The summed E-state index contributed by atoms with van der Waals surface area (Å²) in [6.45, 7) is 8.19. The Kier molecular flexibility index (Phi) is 18.3. The first-order valence-corrected chi connectivity index (χ1v) is 20.4. The molecule has 1 aliphatic heterocycles. The maximum Gasteiger partial charge on any atom is 0.407 e. The van der Waals surface area contributed by atoms with Gasteiger partial charge in [0.1, 0.15) is 12.6 Å². The van der Waals surface area contributed by atoms with E-state index in [1.165, 1.54) is 11.3 Å². The van der Waals surface area contributed by atoms with E-state index in [-0.39, 0.29) is 43.0 Å². The quantitative estimate of drug-likeness (QED) is 0.0987. The van der Waals surface area contributed by atoms with Gasteiger partial charge < -0.3 is 30.3 Å². The lowest BCUT2D eigenvalue weighted by Gasteiger charge is -2.30. The molecule has 1 aliphatic rings. The molecule has 3 unspecified atom stereocenters. The Bertz CT molecular complexity index is 1710. The van der Waals surface area contributed by atoms with Crippen LogP contribution in [0, 0.1) is 0 Å². The molecule has 0 spiro atoms. The third-order valence-corrected chi connectivity index (χ3v) is 11.2. The van der Waals surface area contributed by atoms with Gasteiger partial charge in [0.15, 0.2) is 0 Å². The van der Waals surface area contributed by atoms with Gasteiger partial charge in [0.25, 0.3) is 0 Å². The van der Waals surface area contributed by atoms with Gasteiger partial charge in [0, 0.05) is 56.3 Å². The molecule has 15 heteroatoms. The maximum atomic E-state index is 14.2. The molecule has 1 saturated heterocycles. The van der Waals surface area contributed by atoms with Crippen LogP contribution in [0.1, 0.15) is 65.7 Å². The molecule has 12 nitrogen and oxygen atoms in total. The highest BCUT2D eigenvalue weighted by molar-refractivity contribution is 7.09. The summed E-state index contributed by atoms with van der Waals surface area (Å²) in [6.07, 6.45) is 4.00. The van der Waals surface area contributed by atoms with Gasteiger partial charge in [-0.15, -0.1) is 35.1 Å². The monoisotopic (exact) mass is 811 g/mol. The Morgan fingerprint density at radius 3 is 2.11 bits per heavy atom. The minimum atomic E-state index is -0.761. The van der Waals surface area contributed by atoms with Gasteiger partial charge in [-0.2, -0.15) is 0 Å². The highest BCUT2D eigenvalue weighted by Gasteiger charge is 2.27. The number of rotatable bonds is 19. The predicted octanol–water partition coefficient (Wildman–Crippen LogP) is 6.42. The number of nitrogens with zero attached hydrogens (tertiary/aromatic N) is 4. The lowest BCUT2D eigenvalue weighted by molar-refractivity contribution is -0.124. The number of halogens is 1.